The highest BCUT2D eigenvalue weighted by atomic mass is 35.5. The topological polar surface area (TPSA) is 111 Å². The summed E-state index contributed by atoms with van der Waals surface area (Å²) < 4.78 is 42.9. The van der Waals surface area contributed by atoms with E-state index in [0.717, 1.165) is 25.3 Å². The molecule has 26 heavy (non-hydrogen) atoms. The number of hydrogen-bond donors (Lipinski definition) is 2. The summed E-state index contributed by atoms with van der Waals surface area (Å²) >= 11 is 6.11. The van der Waals surface area contributed by atoms with Crippen LogP contribution in [-0.2, 0) is 14.8 Å². The van der Waals surface area contributed by atoms with Crippen LogP contribution in [0.4, 0.5) is 5.69 Å². The lowest BCUT2D eigenvalue weighted by atomic mass is 10.2. The van der Waals surface area contributed by atoms with Crippen LogP contribution in [0.15, 0.2) is 35.2 Å². The Bertz CT molecular complexity index is 975. The minimum absolute atomic E-state index is 0.0867. The second kappa shape index (κ2) is 6.93. The molecule has 2 aromatic rings. The number of sulfonamides is 1. The molecule has 2 N–H and O–H groups in total. The average molecular weight is 400 g/mol. The van der Waals surface area contributed by atoms with Crippen molar-refractivity contribution in [2.24, 2.45) is 0 Å². The molecular formula is C16H14ClNO7S. The Morgan fingerprint density at radius 3 is 2.50 bits per heavy atom. The number of hydrogen-bond acceptors (Lipinski definition) is 7. The van der Waals surface area contributed by atoms with E-state index >= 15 is 0 Å². The van der Waals surface area contributed by atoms with Gasteiger partial charge in [-0.2, -0.15) is 0 Å². The number of aromatic hydroxyl groups is 1. The van der Waals surface area contributed by atoms with Crippen LogP contribution in [0.3, 0.4) is 0 Å². The molecule has 0 aliphatic carbocycles. The van der Waals surface area contributed by atoms with Gasteiger partial charge in [0, 0.05) is 12.1 Å². The molecule has 1 heterocycles. The van der Waals surface area contributed by atoms with Crippen molar-refractivity contribution in [3.05, 3.63) is 40.9 Å². The van der Waals surface area contributed by atoms with Gasteiger partial charge < -0.3 is 19.3 Å². The summed E-state index contributed by atoms with van der Waals surface area (Å²) in [5.74, 6) is -0.480. The van der Waals surface area contributed by atoms with Crippen LogP contribution in [0.5, 0.6) is 17.2 Å². The first-order valence-corrected chi connectivity index (χ1v) is 9.21. The first kappa shape index (κ1) is 18.2. The molecule has 0 radical (unpaired) electrons. The summed E-state index contributed by atoms with van der Waals surface area (Å²) in [5.41, 5.74) is -0.188. The van der Waals surface area contributed by atoms with Gasteiger partial charge in [-0.3, -0.25) is 4.72 Å². The number of methoxy groups -OCH3 is 1. The van der Waals surface area contributed by atoms with Gasteiger partial charge in [-0.15, -0.1) is 0 Å². The summed E-state index contributed by atoms with van der Waals surface area (Å²) in [6.07, 6.45) is 0. The predicted octanol–water partition coefficient (Wildman–Crippen LogP) is 2.40. The van der Waals surface area contributed by atoms with Crippen LogP contribution >= 0.6 is 11.6 Å². The minimum Gasteiger partial charge on any atom is -0.507 e. The van der Waals surface area contributed by atoms with Crippen LogP contribution in [0.1, 0.15) is 10.4 Å². The molecule has 2 aromatic carbocycles. The smallest absolute Gasteiger partial charge is 0.341 e. The normalized spacial score (nSPS) is 13.2. The van der Waals surface area contributed by atoms with E-state index in [2.05, 4.69) is 9.46 Å². The number of rotatable bonds is 4. The van der Waals surface area contributed by atoms with Gasteiger partial charge in [-0.1, -0.05) is 11.6 Å². The number of fused-ring (bicyclic) bond motifs is 1. The zero-order chi connectivity index (χ0) is 18.9. The Morgan fingerprint density at radius 2 is 1.85 bits per heavy atom. The van der Waals surface area contributed by atoms with Crippen molar-refractivity contribution >= 4 is 33.3 Å². The van der Waals surface area contributed by atoms with Crippen molar-refractivity contribution < 1.29 is 32.5 Å². The van der Waals surface area contributed by atoms with Gasteiger partial charge in [0.25, 0.3) is 10.0 Å². The van der Waals surface area contributed by atoms with E-state index in [9.17, 15) is 18.3 Å². The number of ether oxygens (including phenoxy) is 3. The third-order valence-corrected chi connectivity index (χ3v) is 5.24. The maximum atomic E-state index is 12.6. The molecule has 0 bridgehead atoms. The molecule has 0 fully saturated rings. The minimum atomic E-state index is -4.09. The fourth-order valence-corrected chi connectivity index (χ4v) is 3.66. The average Bonchev–Trinajstić information content (AvgIpc) is 2.61. The fraction of sp³-hybridized carbons (Fsp3) is 0.188. The highest BCUT2D eigenvalue weighted by Gasteiger charge is 2.22. The number of nitrogens with one attached hydrogen (secondary N) is 1. The molecule has 10 heteroatoms. The number of halogens is 1. The number of phenolic OH excluding ortho intramolecular Hbond substituents is 1. The zero-order valence-electron chi connectivity index (χ0n) is 13.5. The molecule has 3 rings (SSSR count). The van der Waals surface area contributed by atoms with Gasteiger partial charge in [-0.05, 0) is 18.2 Å². The molecule has 1 aliphatic rings. The first-order chi connectivity index (χ1) is 12.3. The van der Waals surface area contributed by atoms with E-state index in [1.165, 1.54) is 12.1 Å². The van der Waals surface area contributed by atoms with Crippen LogP contribution in [-0.4, -0.2) is 39.8 Å². The van der Waals surface area contributed by atoms with Crippen molar-refractivity contribution in [1.29, 1.82) is 0 Å². The Labute approximate surface area is 154 Å². The number of carbonyl (C=O) groups excluding carboxylic acids is 1. The summed E-state index contributed by atoms with van der Waals surface area (Å²) in [4.78, 5) is 11.4. The van der Waals surface area contributed by atoms with E-state index < -0.39 is 21.7 Å². The lowest BCUT2D eigenvalue weighted by Gasteiger charge is -2.20. The molecule has 0 saturated heterocycles. The number of carbonyl (C=O) groups is 1. The van der Waals surface area contributed by atoms with Gasteiger partial charge in [0.1, 0.15) is 24.5 Å². The largest absolute Gasteiger partial charge is 0.507 e. The van der Waals surface area contributed by atoms with Gasteiger partial charge in [0.15, 0.2) is 11.5 Å². The summed E-state index contributed by atoms with van der Waals surface area (Å²) in [7, 11) is -2.97. The number of esters is 1. The second-order valence-electron chi connectivity index (χ2n) is 5.25. The Kier molecular flexibility index (Phi) is 4.84. The van der Waals surface area contributed by atoms with E-state index in [-0.39, 0.29) is 21.2 Å². The Morgan fingerprint density at radius 1 is 1.19 bits per heavy atom. The van der Waals surface area contributed by atoms with E-state index in [1.54, 1.807) is 0 Å². The van der Waals surface area contributed by atoms with Crippen molar-refractivity contribution in [1.82, 2.24) is 0 Å². The van der Waals surface area contributed by atoms with E-state index in [1.807, 2.05) is 0 Å². The highest BCUT2D eigenvalue weighted by Crippen LogP contribution is 2.38. The summed E-state index contributed by atoms with van der Waals surface area (Å²) in [5, 5.41) is 9.82. The zero-order valence-corrected chi connectivity index (χ0v) is 15.1. The van der Waals surface area contributed by atoms with Crippen LogP contribution in [0.25, 0.3) is 0 Å². The standard InChI is InChI=1S/C16H14ClNO7S/c1-23-16(20)10-6-9(2-3-13(10)19)26(21,22)18-12-8-15-14(7-11(12)17)24-4-5-25-15/h2-3,6-8,18-19H,4-5H2,1H3. The molecule has 0 amide bonds. The third kappa shape index (κ3) is 3.49. The first-order valence-electron chi connectivity index (χ1n) is 7.35. The van der Waals surface area contributed by atoms with E-state index in [4.69, 9.17) is 21.1 Å². The molecule has 138 valence electrons. The van der Waals surface area contributed by atoms with Gasteiger partial charge in [0.05, 0.1) is 22.7 Å². The summed E-state index contributed by atoms with van der Waals surface area (Å²) in [6.45, 7) is 0.708. The van der Waals surface area contributed by atoms with Crippen molar-refractivity contribution in [2.45, 2.75) is 4.90 Å². The molecule has 0 saturated carbocycles. The fourth-order valence-electron chi connectivity index (χ4n) is 2.30. The molecule has 0 spiro atoms. The maximum absolute atomic E-state index is 12.6. The Hall–Kier alpha value is -2.65. The van der Waals surface area contributed by atoms with Crippen LogP contribution < -0.4 is 14.2 Å². The third-order valence-electron chi connectivity index (χ3n) is 3.56. The second-order valence-corrected chi connectivity index (χ2v) is 7.34. The summed E-state index contributed by atoms with van der Waals surface area (Å²) in [6, 6.07) is 6.11. The maximum Gasteiger partial charge on any atom is 0.341 e. The SMILES string of the molecule is COC(=O)c1cc(S(=O)(=O)Nc2cc3c(cc2Cl)OCCO3)ccc1O. The van der Waals surface area contributed by atoms with Crippen molar-refractivity contribution in [3.63, 3.8) is 0 Å². The Balaban J connectivity index is 1.96. The van der Waals surface area contributed by atoms with Crippen molar-refractivity contribution in [2.75, 3.05) is 25.0 Å². The molecule has 0 aromatic heterocycles. The van der Waals surface area contributed by atoms with Crippen LogP contribution in [0, 0.1) is 0 Å². The highest BCUT2D eigenvalue weighted by molar-refractivity contribution is 7.92. The predicted molar refractivity (Wildman–Crippen MR) is 92.7 cm³/mol. The lowest BCUT2D eigenvalue weighted by molar-refractivity contribution is 0.0597. The lowest BCUT2D eigenvalue weighted by Crippen LogP contribution is -2.17. The number of anilines is 1. The molecule has 0 atom stereocenters. The molecule has 0 unspecified atom stereocenters. The van der Waals surface area contributed by atoms with Gasteiger partial charge in [-0.25, -0.2) is 13.2 Å². The van der Waals surface area contributed by atoms with Crippen LogP contribution in [0.2, 0.25) is 5.02 Å². The quantitative estimate of drug-likeness (QED) is 0.759. The number of phenols is 1. The monoisotopic (exact) mass is 399 g/mol. The van der Waals surface area contributed by atoms with Gasteiger partial charge >= 0.3 is 5.97 Å². The van der Waals surface area contributed by atoms with Crippen molar-refractivity contribution in [3.8, 4) is 17.2 Å². The van der Waals surface area contributed by atoms with Gasteiger partial charge in [0.2, 0.25) is 0 Å². The molecule has 8 nitrogen and oxygen atoms in total. The van der Waals surface area contributed by atoms with E-state index in [0.29, 0.717) is 24.7 Å². The molecule has 1 aliphatic heterocycles. The number of benzene rings is 2. The molecular weight excluding hydrogens is 386 g/mol.